The Bertz CT molecular complexity index is 726. The molecule has 0 saturated carbocycles. The quantitative estimate of drug-likeness (QED) is 0.169. The average molecular weight is 493 g/mol. The lowest BCUT2D eigenvalue weighted by Gasteiger charge is -2.41. The van der Waals surface area contributed by atoms with Crippen molar-refractivity contribution in [2.45, 2.75) is 91.0 Å². The molecule has 0 radical (unpaired) electrons. The zero-order valence-corrected chi connectivity index (χ0v) is 22.4. The molecule has 8 heteroatoms. The summed E-state index contributed by atoms with van der Waals surface area (Å²) in [4.78, 5) is 22.6. The summed E-state index contributed by atoms with van der Waals surface area (Å²) in [6.07, 6.45) is 6.78. The van der Waals surface area contributed by atoms with Gasteiger partial charge in [-0.25, -0.2) is 4.39 Å². The monoisotopic (exact) mass is 492 g/mol. The number of carbonyl (C=O) groups excluding carboxylic acids is 1. The van der Waals surface area contributed by atoms with Crippen molar-refractivity contribution < 1.29 is 9.18 Å². The van der Waals surface area contributed by atoms with Crippen LogP contribution in [-0.2, 0) is 4.79 Å². The van der Waals surface area contributed by atoms with E-state index < -0.39 is 18.3 Å². The summed E-state index contributed by atoms with van der Waals surface area (Å²) >= 11 is 0. The molecule has 2 aliphatic rings. The van der Waals surface area contributed by atoms with E-state index in [1.807, 2.05) is 6.21 Å². The maximum atomic E-state index is 13.9. The summed E-state index contributed by atoms with van der Waals surface area (Å²) in [7, 11) is 0. The van der Waals surface area contributed by atoms with Crippen LogP contribution in [0.25, 0.3) is 0 Å². The molecule has 1 saturated heterocycles. The Morgan fingerprint density at radius 3 is 2.80 bits per heavy atom. The molecule has 1 amide bonds. The number of hydrogen-bond acceptors (Lipinski definition) is 6. The number of rotatable bonds is 14. The van der Waals surface area contributed by atoms with Crippen molar-refractivity contribution in [2.75, 3.05) is 26.2 Å². The lowest BCUT2D eigenvalue weighted by Crippen LogP contribution is -2.59. The maximum Gasteiger partial charge on any atom is 0.232 e. The number of aliphatic imine (C=N–C) groups is 2. The minimum absolute atomic E-state index is 0.00928. The predicted octanol–water partition coefficient (Wildman–Crippen LogP) is 3.60. The van der Waals surface area contributed by atoms with E-state index in [0.29, 0.717) is 29.9 Å². The van der Waals surface area contributed by atoms with E-state index in [9.17, 15) is 9.18 Å². The summed E-state index contributed by atoms with van der Waals surface area (Å²) in [6, 6.07) is 0.00928. The fraction of sp³-hybridized carbons (Fsp3) is 0.815. The van der Waals surface area contributed by atoms with Crippen LogP contribution in [0.2, 0.25) is 0 Å². The van der Waals surface area contributed by atoms with Crippen LogP contribution in [0.1, 0.15) is 72.6 Å². The van der Waals surface area contributed by atoms with Crippen LogP contribution in [0.4, 0.5) is 4.39 Å². The fourth-order valence-electron chi connectivity index (χ4n) is 5.29. The van der Waals surface area contributed by atoms with E-state index in [1.54, 1.807) is 13.8 Å². The van der Waals surface area contributed by atoms with Crippen LogP contribution >= 0.6 is 0 Å². The number of alkyl halides is 1. The topological polar surface area (TPSA) is 104 Å². The Kier molecular flexibility index (Phi) is 12.9. The molecule has 1 fully saturated rings. The molecular weight excluding hydrogens is 443 g/mol. The first-order valence-electron chi connectivity index (χ1n) is 13.6. The minimum atomic E-state index is -1.02. The predicted molar refractivity (Wildman–Crippen MR) is 145 cm³/mol. The van der Waals surface area contributed by atoms with Crippen molar-refractivity contribution in [2.24, 2.45) is 39.4 Å². The molecule has 0 aromatic carbocycles. The third-order valence-electron chi connectivity index (χ3n) is 7.57. The highest BCUT2D eigenvalue weighted by molar-refractivity contribution is 6.04. The number of nitrogens with zero attached hydrogens (tertiary/aromatic N) is 2. The summed E-state index contributed by atoms with van der Waals surface area (Å²) in [5.41, 5.74) is 7.90. The standard InChI is InChI=1S/C27H49FN6O/c1-6-8-9-10-19(4)33-26(29)25(20(5)32-16-21(28)7-2)27(35)34-24-17-31-14-12-23(24)22-11-13-30-15-18(22)3/h13,18,21-26,31,33H,4,6-12,14-17,29H2,1-3,5H3,(H,34,35). The first-order valence-corrected chi connectivity index (χ1v) is 13.6. The number of halogens is 1. The van der Waals surface area contributed by atoms with E-state index in [1.165, 1.54) is 0 Å². The zero-order valence-electron chi connectivity index (χ0n) is 22.4. The largest absolute Gasteiger partial charge is 0.373 e. The summed E-state index contributed by atoms with van der Waals surface area (Å²) in [6.45, 7) is 14.7. The molecule has 7 nitrogen and oxygen atoms in total. The molecule has 0 spiro atoms. The van der Waals surface area contributed by atoms with Gasteiger partial charge in [0.2, 0.25) is 5.91 Å². The van der Waals surface area contributed by atoms with Crippen LogP contribution in [0.15, 0.2) is 22.3 Å². The van der Waals surface area contributed by atoms with Gasteiger partial charge in [0.1, 0.15) is 12.1 Å². The summed E-state index contributed by atoms with van der Waals surface area (Å²) in [5.74, 6) is 0.510. The first-order chi connectivity index (χ1) is 16.8. The molecule has 2 rings (SSSR count). The van der Waals surface area contributed by atoms with Gasteiger partial charge in [0.05, 0.1) is 12.7 Å². The number of piperidine rings is 1. The fourth-order valence-corrected chi connectivity index (χ4v) is 5.29. The van der Waals surface area contributed by atoms with Crippen molar-refractivity contribution in [3.05, 3.63) is 12.3 Å². The molecule has 0 aliphatic carbocycles. The smallest absolute Gasteiger partial charge is 0.232 e. The van der Waals surface area contributed by atoms with Gasteiger partial charge >= 0.3 is 0 Å². The van der Waals surface area contributed by atoms with Crippen molar-refractivity contribution in [1.29, 1.82) is 0 Å². The van der Waals surface area contributed by atoms with E-state index in [4.69, 9.17) is 5.73 Å². The molecule has 0 aromatic rings. The van der Waals surface area contributed by atoms with Gasteiger partial charge in [-0.3, -0.25) is 14.8 Å². The highest BCUT2D eigenvalue weighted by atomic mass is 19.1. The van der Waals surface area contributed by atoms with Crippen molar-refractivity contribution >= 4 is 17.8 Å². The maximum absolute atomic E-state index is 13.9. The van der Waals surface area contributed by atoms with Gasteiger partial charge in [-0.1, -0.05) is 40.2 Å². The van der Waals surface area contributed by atoms with E-state index in [0.717, 1.165) is 63.9 Å². The molecule has 0 aromatic heterocycles. The number of hydrogen-bond donors (Lipinski definition) is 4. The van der Waals surface area contributed by atoms with Gasteiger partial charge in [-0.15, -0.1) is 0 Å². The Morgan fingerprint density at radius 1 is 1.34 bits per heavy atom. The van der Waals surface area contributed by atoms with Crippen LogP contribution in [-0.4, -0.2) is 62.4 Å². The Labute approximate surface area is 212 Å². The highest BCUT2D eigenvalue weighted by Crippen LogP contribution is 2.33. The molecule has 7 unspecified atom stereocenters. The van der Waals surface area contributed by atoms with Crippen LogP contribution in [0, 0.1) is 23.7 Å². The average Bonchev–Trinajstić information content (AvgIpc) is 2.83. The summed E-state index contributed by atoms with van der Waals surface area (Å²) < 4.78 is 13.9. The molecule has 2 aliphatic heterocycles. The van der Waals surface area contributed by atoms with E-state index in [2.05, 4.69) is 46.4 Å². The Balaban J connectivity index is 2.16. The zero-order chi connectivity index (χ0) is 25.8. The molecule has 35 heavy (non-hydrogen) atoms. The molecule has 2 heterocycles. The molecule has 200 valence electrons. The van der Waals surface area contributed by atoms with Crippen molar-refractivity contribution in [1.82, 2.24) is 16.0 Å². The number of amides is 1. The summed E-state index contributed by atoms with van der Waals surface area (Å²) in [5, 5.41) is 9.98. The minimum Gasteiger partial charge on any atom is -0.373 e. The second kappa shape index (κ2) is 15.3. The van der Waals surface area contributed by atoms with Crippen LogP contribution in [0.5, 0.6) is 0 Å². The number of nitrogens with one attached hydrogen (secondary N) is 3. The van der Waals surface area contributed by atoms with E-state index >= 15 is 0 Å². The van der Waals surface area contributed by atoms with Crippen LogP contribution in [0.3, 0.4) is 0 Å². The van der Waals surface area contributed by atoms with Gasteiger partial charge in [0.15, 0.2) is 0 Å². The SMILES string of the molecule is C=C(CCCCC)NC(N)C(C(=O)NC1CNCCC1C1CC=NCC1C)C(C)=NCC(F)CC. The van der Waals surface area contributed by atoms with Crippen LogP contribution < -0.4 is 21.7 Å². The molecular formula is C27H49FN6O. The second-order valence-corrected chi connectivity index (χ2v) is 10.4. The Morgan fingerprint density at radius 2 is 2.11 bits per heavy atom. The van der Waals surface area contributed by atoms with Gasteiger partial charge < -0.3 is 21.7 Å². The molecule has 5 N–H and O–H groups in total. The number of nitrogens with two attached hydrogens (primary N) is 1. The molecule has 7 atom stereocenters. The van der Waals surface area contributed by atoms with E-state index in [-0.39, 0.29) is 18.5 Å². The second-order valence-electron chi connectivity index (χ2n) is 10.4. The Hall–Kier alpha value is -1.80. The van der Waals surface area contributed by atoms with Crippen molar-refractivity contribution in [3.63, 3.8) is 0 Å². The lowest BCUT2D eigenvalue weighted by molar-refractivity contribution is -0.125. The lowest BCUT2D eigenvalue weighted by atomic mass is 9.72. The molecule has 0 bridgehead atoms. The number of unbranched alkanes of at least 4 members (excludes halogenated alkanes) is 2. The number of allylic oxidation sites excluding steroid dienone is 1. The normalized spacial score (nSPS) is 27.7. The highest BCUT2D eigenvalue weighted by Gasteiger charge is 2.38. The third-order valence-corrected chi connectivity index (χ3v) is 7.57. The first kappa shape index (κ1) is 29.4. The van der Waals surface area contributed by atoms with Gasteiger partial charge in [-0.2, -0.15) is 0 Å². The van der Waals surface area contributed by atoms with Gasteiger partial charge in [-0.05, 0) is 69.5 Å². The third kappa shape index (κ3) is 9.30. The number of carbonyl (C=O) groups is 1. The van der Waals surface area contributed by atoms with Gasteiger partial charge in [0, 0.05) is 30.5 Å². The van der Waals surface area contributed by atoms with Crippen molar-refractivity contribution in [3.8, 4) is 0 Å². The van der Waals surface area contributed by atoms with Gasteiger partial charge in [0.25, 0.3) is 0 Å².